The second kappa shape index (κ2) is 6.92. The number of hydrogen-bond donors (Lipinski definition) is 4. The van der Waals surface area contributed by atoms with Gasteiger partial charge in [-0.2, -0.15) is 19.6 Å². The maximum absolute atomic E-state index is 11.5. The Morgan fingerprint density at radius 1 is 1.28 bits per heavy atom. The van der Waals surface area contributed by atoms with Crippen LogP contribution in [0, 0.1) is 0 Å². The number of fused-ring (bicyclic) bond motifs is 1. The largest absolute Gasteiger partial charge is 0.493 e. The number of benzene rings is 1. The number of rotatable bonds is 5. The number of halogens is 1. The van der Waals surface area contributed by atoms with Gasteiger partial charge >= 0.3 is 5.69 Å². The monoisotopic (exact) mass is 450 g/mol. The molecule has 2 aliphatic rings. The van der Waals surface area contributed by atoms with Gasteiger partial charge in [-0.05, 0) is 49.5 Å². The minimum Gasteiger partial charge on any atom is -0.493 e. The fourth-order valence-corrected chi connectivity index (χ4v) is 3.94. The van der Waals surface area contributed by atoms with E-state index in [4.69, 9.17) is 21.6 Å². The zero-order valence-corrected chi connectivity index (χ0v) is 17.6. The molecule has 4 N–H and O–H groups in total. The normalized spacial score (nSPS) is 18.4. The molecule has 2 saturated carbocycles. The van der Waals surface area contributed by atoms with Crippen LogP contribution in [0.15, 0.2) is 40.2 Å². The Morgan fingerprint density at radius 2 is 2.12 bits per heavy atom. The molecule has 6 rings (SSSR count). The molecule has 162 valence electrons. The van der Waals surface area contributed by atoms with E-state index in [1.807, 2.05) is 24.3 Å². The summed E-state index contributed by atoms with van der Waals surface area (Å²) in [5, 5.41) is 19.1. The van der Waals surface area contributed by atoms with E-state index in [0.717, 1.165) is 31.2 Å². The predicted molar refractivity (Wildman–Crippen MR) is 117 cm³/mol. The average Bonchev–Trinajstić information content (AvgIpc) is 3.66. The smallest absolute Gasteiger partial charge is 0.326 e. The number of hydrogen-bond acceptors (Lipinski definition) is 7. The summed E-state index contributed by atoms with van der Waals surface area (Å²) >= 11 is 6.21. The Kier molecular flexibility index (Phi) is 4.12. The van der Waals surface area contributed by atoms with Gasteiger partial charge in [0.1, 0.15) is 5.69 Å². The number of aromatic hydroxyl groups is 1. The van der Waals surface area contributed by atoms with Gasteiger partial charge in [-0.1, -0.05) is 23.7 Å². The third-order valence-corrected chi connectivity index (χ3v) is 5.97. The maximum Gasteiger partial charge on any atom is 0.326 e. The molecule has 11 heteroatoms. The topological polar surface area (TPSA) is 136 Å². The molecular formula is C21H19ClN8O2. The van der Waals surface area contributed by atoms with Gasteiger partial charge in [0.25, 0.3) is 5.62 Å². The molecule has 2 aliphatic carbocycles. The van der Waals surface area contributed by atoms with Crippen molar-refractivity contribution in [2.24, 2.45) is 4.99 Å². The molecular weight excluding hydrogens is 432 g/mol. The summed E-state index contributed by atoms with van der Waals surface area (Å²) in [5.41, 5.74) is 1.55. The van der Waals surface area contributed by atoms with E-state index < -0.39 is 5.69 Å². The molecule has 10 nitrogen and oxygen atoms in total. The molecule has 32 heavy (non-hydrogen) atoms. The van der Waals surface area contributed by atoms with Gasteiger partial charge in [-0.3, -0.25) is 4.98 Å². The van der Waals surface area contributed by atoms with Crippen molar-refractivity contribution in [1.29, 1.82) is 0 Å². The number of H-pyrrole nitrogens is 2. The van der Waals surface area contributed by atoms with Crippen LogP contribution in [0.3, 0.4) is 0 Å². The molecule has 1 aromatic carbocycles. The van der Waals surface area contributed by atoms with E-state index in [1.165, 1.54) is 0 Å². The summed E-state index contributed by atoms with van der Waals surface area (Å²) in [7, 11) is 0. The number of imidazole rings is 1. The number of nitrogens with one attached hydrogen (secondary N) is 3. The van der Waals surface area contributed by atoms with Gasteiger partial charge in [0.05, 0.1) is 17.8 Å². The molecule has 0 aliphatic heterocycles. The molecule has 0 amide bonds. The Labute approximate surface area is 185 Å². The van der Waals surface area contributed by atoms with Crippen molar-refractivity contribution in [3.8, 4) is 5.88 Å². The van der Waals surface area contributed by atoms with Crippen LogP contribution < -0.4 is 21.8 Å². The second-order valence-electron chi connectivity index (χ2n) is 8.25. The molecule has 0 unspecified atom stereocenters. The van der Waals surface area contributed by atoms with Crippen LogP contribution in [0.4, 0.5) is 5.95 Å². The number of nitrogens with zero attached hydrogens (tertiary/aromatic N) is 5. The summed E-state index contributed by atoms with van der Waals surface area (Å²) in [6.07, 6.45) is 7.14. The van der Waals surface area contributed by atoms with Gasteiger partial charge < -0.3 is 15.4 Å². The molecule has 4 aromatic rings. The molecule has 3 aromatic heterocycles. The van der Waals surface area contributed by atoms with Crippen molar-refractivity contribution < 1.29 is 5.11 Å². The van der Waals surface area contributed by atoms with Crippen LogP contribution in [0.25, 0.3) is 11.7 Å². The van der Waals surface area contributed by atoms with Gasteiger partial charge in [0.15, 0.2) is 5.65 Å². The average molecular weight is 451 g/mol. The van der Waals surface area contributed by atoms with Crippen molar-refractivity contribution in [3.63, 3.8) is 0 Å². The third kappa shape index (κ3) is 3.42. The number of anilines is 1. The number of aromatic nitrogens is 6. The minimum absolute atomic E-state index is 0.241. The lowest BCUT2D eigenvalue weighted by molar-refractivity contribution is 0.454. The highest BCUT2D eigenvalue weighted by molar-refractivity contribution is 6.30. The van der Waals surface area contributed by atoms with Crippen molar-refractivity contribution in [2.45, 2.75) is 37.3 Å². The first kappa shape index (κ1) is 19.1. The first-order chi connectivity index (χ1) is 15.5. The zero-order chi connectivity index (χ0) is 21.9. The molecule has 3 heterocycles. The van der Waals surface area contributed by atoms with Crippen molar-refractivity contribution in [1.82, 2.24) is 29.5 Å². The summed E-state index contributed by atoms with van der Waals surface area (Å²) in [6.45, 7) is 0. The Hall–Kier alpha value is -3.66. The van der Waals surface area contributed by atoms with Gasteiger partial charge in [-0.15, -0.1) is 0 Å². The maximum atomic E-state index is 11.5. The van der Waals surface area contributed by atoms with E-state index in [0.29, 0.717) is 27.5 Å². The summed E-state index contributed by atoms with van der Waals surface area (Å²) in [6, 6.07) is 8.03. The van der Waals surface area contributed by atoms with Crippen molar-refractivity contribution in [2.75, 3.05) is 5.32 Å². The summed E-state index contributed by atoms with van der Waals surface area (Å²) in [4.78, 5) is 30.4. The highest BCUT2D eigenvalue weighted by atomic mass is 35.5. The highest BCUT2D eigenvalue weighted by Crippen LogP contribution is 2.48. The standard InChI is InChI=1S/C21H19ClN8O2/c22-13-3-1-2-12(9-13)21(6-7-21)29-18-26-16-11(8-15-17(31)27-20(32)25-15)10-23-30(16)19(28-18)24-14-4-5-14/h1-3,8-10,14,31H,4-7H2,(H,24,28,29)(H2,25,27,32)/b11-8+. The van der Waals surface area contributed by atoms with Crippen molar-refractivity contribution in [3.05, 3.63) is 68.1 Å². The zero-order valence-electron chi connectivity index (χ0n) is 16.8. The summed E-state index contributed by atoms with van der Waals surface area (Å²) < 4.78 is 1.58. The van der Waals surface area contributed by atoms with Crippen LogP contribution >= 0.6 is 11.6 Å². The van der Waals surface area contributed by atoms with Crippen LogP contribution in [0.5, 0.6) is 5.88 Å². The van der Waals surface area contributed by atoms with E-state index in [9.17, 15) is 9.90 Å². The van der Waals surface area contributed by atoms with Crippen LogP contribution in [-0.4, -0.2) is 40.7 Å². The Bertz CT molecular complexity index is 1530. The number of aromatic amines is 2. The molecule has 0 bridgehead atoms. The van der Waals surface area contributed by atoms with Gasteiger partial charge in [-0.25, -0.2) is 9.79 Å². The lowest BCUT2D eigenvalue weighted by Gasteiger charge is -2.18. The van der Waals surface area contributed by atoms with Crippen LogP contribution in [0.2, 0.25) is 5.02 Å². The van der Waals surface area contributed by atoms with Crippen molar-refractivity contribution >= 4 is 29.3 Å². The SMILES string of the molecule is O=c1[nH]c(O)c(/C=c2\cnn3c(=NC4CC4)nc(NC4(c5cccc(Cl)c5)CC4)nc23)[nH]1. The first-order valence-corrected chi connectivity index (χ1v) is 10.7. The lowest BCUT2D eigenvalue weighted by Crippen LogP contribution is -2.28. The highest BCUT2D eigenvalue weighted by Gasteiger charge is 2.45. The van der Waals surface area contributed by atoms with E-state index in [-0.39, 0.29) is 23.2 Å². The lowest BCUT2D eigenvalue weighted by atomic mass is 10.1. The second-order valence-corrected chi connectivity index (χ2v) is 8.68. The predicted octanol–water partition coefficient (Wildman–Crippen LogP) is 1.21. The minimum atomic E-state index is -0.496. The van der Waals surface area contributed by atoms with Crippen LogP contribution in [-0.2, 0) is 5.54 Å². The fraction of sp³-hybridized carbons (Fsp3) is 0.286. The first-order valence-electron chi connectivity index (χ1n) is 10.4. The molecule has 0 spiro atoms. The Balaban J connectivity index is 1.49. The quantitative estimate of drug-likeness (QED) is 0.361. The molecule has 0 saturated heterocycles. The summed E-state index contributed by atoms with van der Waals surface area (Å²) in [5.74, 6) is 0.193. The van der Waals surface area contributed by atoms with E-state index >= 15 is 0 Å². The third-order valence-electron chi connectivity index (χ3n) is 5.74. The molecule has 2 fully saturated rings. The van der Waals surface area contributed by atoms with Gasteiger partial charge in [0.2, 0.25) is 11.8 Å². The fourth-order valence-electron chi connectivity index (χ4n) is 3.75. The van der Waals surface area contributed by atoms with E-state index in [1.54, 1.807) is 16.8 Å². The van der Waals surface area contributed by atoms with E-state index in [2.05, 4.69) is 25.4 Å². The van der Waals surface area contributed by atoms with Crippen LogP contribution in [0.1, 0.15) is 36.9 Å². The molecule has 0 radical (unpaired) electrons. The Morgan fingerprint density at radius 3 is 2.81 bits per heavy atom. The molecule has 0 atom stereocenters. The van der Waals surface area contributed by atoms with Gasteiger partial charge in [0, 0.05) is 10.2 Å².